The van der Waals surface area contributed by atoms with Crippen LogP contribution in [0.4, 0.5) is 8.78 Å². The minimum absolute atomic E-state index is 0.277. The van der Waals surface area contributed by atoms with Gasteiger partial charge in [-0.15, -0.1) is 11.3 Å². The Balaban J connectivity index is 1.62. The van der Waals surface area contributed by atoms with Crippen LogP contribution in [0.1, 0.15) is 34.8 Å². The molecule has 4 nitrogen and oxygen atoms in total. The van der Waals surface area contributed by atoms with Gasteiger partial charge in [-0.05, 0) is 25.7 Å². The number of aromatic nitrogens is 1. The Morgan fingerprint density at radius 1 is 1.48 bits per heavy atom. The van der Waals surface area contributed by atoms with Crippen LogP contribution in [-0.4, -0.2) is 41.3 Å². The number of rotatable bonds is 3. The molecule has 0 spiro atoms. The lowest BCUT2D eigenvalue weighted by Crippen LogP contribution is -2.41. The van der Waals surface area contributed by atoms with Crippen molar-refractivity contribution in [2.75, 3.05) is 13.6 Å². The molecule has 0 aromatic carbocycles. The van der Waals surface area contributed by atoms with Gasteiger partial charge >= 0.3 is 0 Å². The van der Waals surface area contributed by atoms with Crippen LogP contribution < -0.4 is 5.32 Å². The molecule has 1 aromatic heterocycles. The third-order valence-corrected chi connectivity index (χ3v) is 5.19. The van der Waals surface area contributed by atoms with Crippen molar-refractivity contribution in [1.29, 1.82) is 0 Å². The first kappa shape index (κ1) is 14.8. The van der Waals surface area contributed by atoms with Crippen molar-refractivity contribution in [1.82, 2.24) is 15.2 Å². The molecule has 1 saturated heterocycles. The topological polar surface area (TPSA) is 45.2 Å². The van der Waals surface area contributed by atoms with Crippen LogP contribution in [0, 0.1) is 0 Å². The number of likely N-dealkylation sites (N-methyl/N-ethyl adjacent to an activating group) is 1. The Labute approximate surface area is 126 Å². The summed E-state index contributed by atoms with van der Waals surface area (Å²) in [5, 5.41) is 3.51. The quantitative estimate of drug-likeness (QED) is 0.928. The zero-order valence-corrected chi connectivity index (χ0v) is 12.8. The zero-order valence-electron chi connectivity index (χ0n) is 12.0. The van der Waals surface area contributed by atoms with Gasteiger partial charge in [0, 0.05) is 18.3 Å². The first-order valence-electron chi connectivity index (χ1n) is 7.28. The first-order chi connectivity index (χ1) is 9.94. The molecule has 21 heavy (non-hydrogen) atoms. The molecule has 1 atom stereocenters. The lowest BCUT2D eigenvalue weighted by atomic mass is 10.0. The second kappa shape index (κ2) is 5.61. The van der Waals surface area contributed by atoms with Gasteiger partial charge in [-0.2, -0.15) is 0 Å². The van der Waals surface area contributed by atoms with Crippen LogP contribution >= 0.6 is 11.3 Å². The average molecular weight is 315 g/mol. The van der Waals surface area contributed by atoms with E-state index in [1.54, 1.807) is 18.4 Å². The molecule has 0 radical (unpaired) electrons. The summed E-state index contributed by atoms with van der Waals surface area (Å²) < 4.78 is 26.3. The van der Waals surface area contributed by atoms with E-state index in [-0.39, 0.29) is 5.91 Å². The van der Waals surface area contributed by atoms with Crippen molar-refractivity contribution >= 4 is 17.2 Å². The van der Waals surface area contributed by atoms with Gasteiger partial charge in [0.2, 0.25) is 5.91 Å². The van der Waals surface area contributed by atoms with Crippen molar-refractivity contribution in [3.05, 3.63) is 15.6 Å². The van der Waals surface area contributed by atoms with E-state index in [1.807, 2.05) is 0 Å². The van der Waals surface area contributed by atoms with Crippen LogP contribution in [0.3, 0.4) is 0 Å². The SMILES string of the molecule is CN(Cc1nc2c(s1)CCCC2)C(=O)C1CC(F)(F)CN1. The van der Waals surface area contributed by atoms with Crippen molar-refractivity contribution in [2.45, 2.75) is 50.6 Å². The Hall–Kier alpha value is -1.08. The Kier molecular flexibility index (Phi) is 3.96. The lowest BCUT2D eigenvalue weighted by Gasteiger charge is -2.19. The maximum Gasteiger partial charge on any atom is 0.262 e. The average Bonchev–Trinajstić information content (AvgIpc) is 3.00. The van der Waals surface area contributed by atoms with Crippen molar-refractivity contribution in [3.63, 3.8) is 0 Å². The number of halogens is 2. The molecule has 1 amide bonds. The fraction of sp³-hybridized carbons (Fsp3) is 0.714. The normalized spacial score (nSPS) is 23.9. The Bertz CT molecular complexity index is 523. The van der Waals surface area contributed by atoms with E-state index in [2.05, 4.69) is 10.3 Å². The molecule has 1 aliphatic heterocycles. The molecule has 3 rings (SSSR count). The van der Waals surface area contributed by atoms with Crippen LogP contribution in [0.15, 0.2) is 0 Å². The van der Waals surface area contributed by atoms with E-state index in [0.29, 0.717) is 6.54 Å². The summed E-state index contributed by atoms with van der Waals surface area (Å²) in [5.41, 5.74) is 1.16. The molecule has 7 heteroatoms. The molecule has 1 fully saturated rings. The second-order valence-electron chi connectivity index (χ2n) is 5.87. The molecule has 2 heterocycles. The van der Waals surface area contributed by atoms with Gasteiger partial charge < -0.3 is 4.90 Å². The summed E-state index contributed by atoms with van der Waals surface area (Å²) in [4.78, 5) is 19.6. The minimum atomic E-state index is -2.78. The minimum Gasteiger partial charge on any atom is -0.338 e. The van der Waals surface area contributed by atoms with E-state index < -0.39 is 24.9 Å². The summed E-state index contributed by atoms with van der Waals surface area (Å²) in [6, 6.07) is -0.778. The molecule has 1 aliphatic carbocycles. The molecule has 1 unspecified atom stereocenters. The van der Waals surface area contributed by atoms with E-state index in [0.717, 1.165) is 23.5 Å². The molecule has 2 aliphatic rings. The highest BCUT2D eigenvalue weighted by Crippen LogP contribution is 2.28. The summed E-state index contributed by atoms with van der Waals surface area (Å²) in [5.74, 6) is -3.05. The summed E-state index contributed by atoms with van der Waals surface area (Å²) >= 11 is 1.65. The van der Waals surface area contributed by atoms with E-state index in [1.165, 1.54) is 22.6 Å². The largest absolute Gasteiger partial charge is 0.338 e. The number of fused-ring (bicyclic) bond motifs is 1. The fourth-order valence-corrected chi connectivity index (χ4v) is 4.12. The van der Waals surface area contributed by atoms with Crippen LogP contribution in [0.5, 0.6) is 0 Å². The first-order valence-corrected chi connectivity index (χ1v) is 8.10. The predicted octanol–water partition coefficient (Wildman–Crippen LogP) is 1.98. The fourth-order valence-electron chi connectivity index (χ4n) is 2.91. The maximum absolute atomic E-state index is 13.2. The molecular weight excluding hydrogens is 296 g/mol. The molecule has 1 aromatic rings. The number of aryl methyl sites for hydroxylation is 2. The summed E-state index contributed by atoms with van der Waals surface area (Å²) in [6.45, 7) is -0.0109. The monoisotopic (exact) mass is 315 g/mol. The standard InChI is InChI=1S/C14H19F2N3OS/c1-19(13(20)10-6-14(15,16)8-17-10)7-12-18-9-4-2-3-5-11(9)21-12/h10,17H,2-8H2,1H3. The third kappa shape index (κ3) is 3.23. The van der Waals surface area contributed by atoms with Gasteiger partial charge in [0.25, 0.3) is 5.92 Å². The van der Waals surface area contributed by atoms with Crippen molar-refractivity contribution in [3.8, 4) is 0 Å². The third-order valence-electron chi connectivity index (χ3n) is 4.05. The molecule has 0 saturated carbocycles. The number of hydrogen-bond acceptors (Lipinski definition) is 4. The number of alkyl halides is 2. The number of amides is 1. The molecule has 1 N–H and O–H groups in total. The van der Waals surface area contributed by atoms with Crippen LogP contribution in [-0.2, 0) is 24.2 Å². The number of nitrogens with zero attached hydrogens (tertiary/aromatic N) is 2. The number of nitrogens with one attached hydrogen (secondary N) is 1. The molecule has 0 bridgehead atoms. The smallest absolute Gasteiger partial charge is 0.262 e. The highest BCUT2D eigenvalue weighted by atomic mass is 32.1. The van der Waals surface area contributed by atoms with Gasteiger partial charge in [0.15, 0.2) is 0 Å². The van der Waals surface area contributed by atoms with Gasteiger partial charge in [-0.25, -0.2) is 13.8 Å². The number of hydrogen-bond donors (Lipinski definition) is 1. The maximum atomic E-state index is 13.2. The molecule has 116 valence electrons. The van der Waals surface area contributed by atoms with Crippen molar-refractivity contribution < 1.29 is 13.6 Å². The summed E-state index contributed by atoms with van der Waals surface area (Å²) in [7, 11) is 1.65. The van der Waals surface area contributed by atoms with E-state index in [4.69, 9.17) is 0 Å². The Morgan fingerprint density at radius 2 is 2.24 bits per heavy atom. The van der Waals surface area contributed by atoms with Crippen molar-refractivity contribution in [2.24, 2.45) is 0 Å². The predicted molar refractivity (Wildman–Crippen MR) is 76.6 cm³/mol. The highest BCUT2D eigenvalue weighted by Gasteiger charge is 2.43. The van der Waals surface area contributed by atoms with E-state index in [9.17, 15) is 13.6 Å². The van der Waals surface area contributed by atoms with Gasteiger partial charge in [-0.3, -0.25) is 10.1 Å². The zero-order chi connectivity index (χ0) is 15.0. The summed E-state index contributed by atoms with van der Waals surface area (Å²) in [6.07, 6.45) is 4.04. The van der Waals surface area contributed by atoms with Crippen LogP contribution in [0.2, 0.25) is 0 Å². The Morgan fingerprint density at radius 3 is 2.90 bits per heavy atom. The lowest BCUT2D eigenvalue weighted by molar-refractivity contribution is -0.132. The van der Waals surface area contributed by atoms with Gasteiger partial charge in [0.1, 0.15) is 5.01 Å². The van der Waals surface area contributed by atoms with Crippen LogP contribution in [0.25, 0.3) is 0 Å². The highest BCUT2D eigenvalue weighted by molar-refractivity contribution is 7.11. The number of carbonyl (C=O) groups is 1. The van der Waals surface area contributed by atoms with E-state index >= 15 is 0 Å². The van der Waals surface area contributed by atoms with Gasteiger partial charge in [0.05, 0.1) is 24.8 Å². The second-order valence-corrected chi connectivity index (χ2v) is 7.04. The molecular formula is C14H19F2N3OS. The number of carbonyl (C=O) groups excluding carboxylic acids is 1. The number of thiazole rings is 1. The van der Waals surface area contributed by atoms with Gasteiger partial charge in [-0.1, -0.05) is 0 Å².